The van der Waals surface area contributed by atoms with E-state index in [0.717, 1.165) is 15.7 Å². The molecule has 7 heteroatoms. The monoisotopic (exact) mass is 419 g/mol. The van der Waals surface area contributed by atoms with Crippen molar-refractivity contribution in [1.29, 1.82) is 0 Å². The zero-order valence-electron chi connectivity index (χ0n) is 13.2. The fraction of sp³-hybridized carbons (Fsp3) is 0.167. The molecule has 2 amide bonds. The Morgan fingerprint density at radius 1 is 1.28 bits per heavy atom. The Balaban J connectivity index is 1.60. The van der Waals surface area contributed by atoms with E-state index in [2.05, 4.69) is 26.5 Å². The predicted molar refractivity (Wildman–Crippen MR) is 102 cm³/mol. The molecule has 2 aromatic rings. The molecule has 0 unspecified atom stereocenters. The first-order valence-corrected chi connectivity index (χ1v) is 8.84. The van der Waals surface area contributed by atoms with Crippen LogP contribution in [0.1, 0.15) is 12.0 Å². The molecule has 0 radical (unpaired) electrons. The number of hydrazone groups is 1. The largest absolute Gasteiger partial charge is 0.312 e. The predicted octanol–water partition coefficient (Wildman–Crippen LogP) is 3.61. The van der Waals surface area contributed by atoms with Crippen LogP contribution in [0.4, 0.5) is 5.69 Å². The third kappa shape index (κ3) is 4.46. The van der Waals surface area contributed by atoms with E-state index in [1.54, 1.807) is 23.1 Å². The number of carbonyl (C=O) groups is 2. The maximum Gasteiger partial charge on any atom is 0.245 e. The Kier molecular flexibility index (Phi) is 5.50. The lowest BCUT2D eigenvalue weighted by Crippen LogP contribution is -2.30. The second-order valence-corrected chi connectivity index (χ2v) is 7.02. The molecule has 0 spiro atoms. The summed E-state index contributed by atoms with van der Waals surface area (Å²) in [5.41, 5.74) is 4.06. The van der Waals surface area contributed by atoms with Crippen LogP contribution in [0, 0.1) is 5.92 Å². The Labute approximate surface area is 158 Å². The Bertz CT molecular complexity index is 823. The van der Waals surface area contributed by atoms with Crippen LogP contribution in [0.25, 0.3) is 0 Å². The standard InChI is InChI=1S/C18H15BrClN3O2/c19-14-4-6-16(7-5-14)23-11-13(9-17(23)24)18(25)22-21-10-12-2-1-3-15(20)8-12/h1-8,10,13H,9,11H2,(H,22,25)/b21-10-/t13-/m1/s1. The maximum atomic E-state index is 12.2. The van der Waals surface area contributed by atoms with E-state index in [9.17, 15) is 9.59 Å². The highest BCUT2D eigenvalue weighted by Gasteiger charge is 2.35. The summed E-state index contributed by atoms with van der Waals surface area (Å²) in [5, 5.41) is 4.54. The smallest absolute Gasteiger partial charge is 0.245 e. The minimum Gasteiger partial charge on any atom is -0.312 e. The summed E-state index contributed by atoms with van der Waals surface area (Å²) in [4.78, 5) is 26.1. The summed E-state index contributed by atoms with van der Waals surface area (Å²) in [6.45, 7) is 0.346. The minimum atomic E-state index is -0.423. The minimum absolute atomic E-state index is 0.0682. The van der Waals surface area contributed by atoms with E-state index in [4.69, 9.17) is 11.6 Å². The molecular formula is C18H15BrClN3O2. The molecule has 3 rings (SSSR count). The molecule has 0 bridgehead atoms. The molecule has 1 atom stereocenters. The van der Waals surface area contributed by atoms with Crippen LogP contribution in [0.15, 0.2) is 58.1 Å². The van der Waals surface area contributed by atoms with Crippen molar-refractivity contribution in [2.24, 2.45) is 11.0 Å². The van der Waals surface area contributed by atoms with Crippen molar-refractivity contribution in [3.8, 4) is 0 Å². The van der Waals surface area contributed by atoms with Gasteiger partial charge in [-0.15, -0.1) is 0 Å². The quantitative estimate of drug-likeness (QED) is 0.607. The van der Waals surface area contributed by atoms with Gasteiger partial charge in [0.25, 0.3) is 0 Å². The summed E-state index contributed by atoms with van der Waals surface area (Å²) in [5.74, 6) is -0.764. The van der Waals surface area contributed by atoms with Gasteiger partial charge in [-0.25, -0.2) is 5.43 Å². The highest BCUT2D eigenvalue weighted by atomic mass is 79.9. The molecule has 1 N–H and O–H groups in total. The van der Waals surface area contributed by atoms with Crippen LogP contribution in [0.2, 0.25) is 5.02 Å². The van der Waals surface area contributed by atoms with Crippen LogP contribution in [0.5, 0.6) is 0 Å². The van der Waals surface area contributed by atoms with Gasteiger partial charge < -0.3 is 4.90 Å². The SMILES string of the molecule is O=C(N/N=C\c1cccc(Cl)c1)[C@@H]1CC(=O)N(c2ccc(Br)cc2)C1. The van der Waals surface area contributed by atoms with Gasteiger partial charge in [0.05, 0.1) is 12.1 Å². The van der Waals surface area contributed by atoms with E-state index < -0.39 is 5.92 Å². The normalized spacial score (nSPS) is 17.3. The van der Waals surface area contributed by atoms with Crippen LogP contribution < -0.4 is 10.3 Å². The Hall–Kier alpha value is -2.18. The van der Waals surface area contributed by atoms with E-state index in [0.29, 0.717) is 11.6 Å². The first kappa shape index (κ1) is 17.6. The summed E-state index contributed by atoms with van der Waals surface area (Å²) in [6.07, 6.45) is 1.70. The molecule has 2 aromatic carbocycles. The molecule has 1 aliphatic rings. The Morgan fingerprint density at radius 2 is 2.04 bits per heavy atom. The van der Waals surface area contributed by atoms with Crippen molar-refractivity contribution in [2.45, 2.75) is 6.42 Å². The van der Waals surface area contributed by atoms with Gasteiger partial charge in [-0.1, -0.05) is 39.7 Å². The van der Waals surface area contributed by atoms with Gasteiger partial charge in [0.2, 0.25) is 11.8 Å². The summed E-state index contributed by atoms with van der Waals surface area (Å²) >= 11 is 9.26. The summed E-state index contributed by atoms with van der Waals surface area (Å²) in [7, 11) is 0. The summed E-state index contributed by atoms with van der Waals surface area (Å²) < 4.78 is 0.938. The number of hydrogen-bond acceptors (Lipinski definition) is 3. The van der Waals surface area contributed by atoms with Crippen LogP contribution >= 0.6 is 27.5 Å². The van der Waals surface area contributed by atoms with Crippen LogP contribution in [-0.2, 0) is 9.59 Å². The van der Waals surface area contributed by atoms with E-state index in [-0.39, 0.29) is 18.2 Å². The second kappa shape index (κ2) is 7.80. The van der Waals surface area contributed by atoms with Crippen LogP contribution in [0.3, 0.4) is 0 Å². The lowest BCUT2D eigenvalue weighted by Gasteiger charge is -2.16. The zero-order valence-corrected chi connectivity index (χ0v) is 15.5. The van der Waals surface area contributed by atoms with Crippen molar-refractivity contribution >= 4 is 51.2 Å². The number of nitrogens with zero attached hydrogens (tertiary/aromatic N) is 2. The van der Waals surface area contributed by atoms with Crippen molar-refractivity contribution < 1.29 is 9.59 Å². The number of anilines is 1. The Morgan fingerprint density at radius 3 is 2.76 bits per heavy atom. The first-order valence-electron chi connectivity index (χ1n) is 7.67. The average Bonchev–Trinajstić information content (AvgIpc) is 2.97. The molecule has 0 aromatic heterocycles. The third-order valence-electron chi connectivity index (χ3n) is 3.87. The molecule has 25 heavy (non-hydrogen) atoms. The molecular weight excluding hydrogens is 406 g/mol. The molecule has 1 heterocycles. The molecule has 1 aliphatic heterocycles. The third-order valence-corrected chi connectivity index (χ3v) is 4.63. The zero-order chi connectivity index (χ0) is 17.8. The van der Waals surface area contributed by atoms with Gasteiger partial charge >= 0.3 is 0 Å². The van der Waals surface area contributed by atoms with Crippen molar-refractivity contribution in [3.05, 3.63) is 63.6 Å². The number of nitrogens with one attached hydrogen (secondary N) is 1. The lowest BCUT2D eigenvalue weighted by molar-refractivity contribution is -0.126. The molecule has 0 aliphatic carbocycles. The molecule has 128 valence electrons. The highest BCUT2D eigenvalue weighted by Crippen LogP contribution is 2.26. The summed E-state index contributed by atoms with van der Waals surface area (Å²) in [6, 6.07) is 14.6. The van der Waals surface area contributed by atoms with Crippen molar-refractivity contribution in [3.63, 3.8) is 0 Å². The number of rotatable bonds is 4. The van der Waals surface area contributed by atoms with Gasteiger partial charge in [0.15, 0.2) is 0 Å². The topological polar surface area (TPSA) is 61.8 Å². The van der Waals surface area contributed by atoms with Gasteiger partial charge in [0.1, 0.15) is 0 Å². The molecule has 1 fully saturated rings. The lowest BCUT2D eigenvalue weighted by atomic mass is 10.1. The number of benzene rings is 2. The number of hydrogen-bond donors (Lipinski definition) is 1. The van der Waals surface area contributed by atoms with E-state index >= 15 is 0 Å². The molecule has 5 nitrogen and oxygen atoms in total. The van der Waals surface area contributed by atoms with Crippen LogP contribution in [-0.4, -0.2) is 24.6 Å². The number of amides is 2. The average molecular weight is 421 g/mol. The van der Waals surface area contributed by atoms with E-state index in [1.807, 2.05) is 30.3 Å². The van der Waals surface area contributed by atoms with Crippen molar-refractivity contribution in [1.82, 2.24) is 5.43 Å². The highest BCUT2D eigenvalue weighted by molar-refractivity contribution is 9.10. The number of carbonyl (C=O) groups excluding carboxylic acids is 2. The van der Waals surface area contributed by atoms with E-state index in [1.165, 1.54) is 6.21 Å². The second-order valence-electron chi connectivity index (χ2n) is 5.67. The first-order chi connectivity index (χ1) is 12.0. The maximum absolute atomic E-state index is 12.2. The fourth-order valence-corrected chi connectivity index (χ4v) is 3.07. The van der Waals surface area contributed by atoms with Gasteiger partial charge in [0, 0.05) is 28.1 Å². The number of halogens is 2. The molecule has 1 saturated heterocycles. The van der Waals surface area contributed by atoms with Gasteiger partial charge in [-0.3, -0.25) is 9.59 Å². The van der Waals surface area contributed by atoms with Gasteiger partial charge in [-0.05, 0) is 42.0 Å². The molecule has 0 saturated carbocycles. The van der Waals surface area contributed by atoms with Crippen molar-refractivity contribution in [2.75, 3.05) is 11.4 Å². The van der Waals surface area contributed by atoms with Gasteiger partial charge in [-0.2, -0.15) is 5.10 Å². The fourth-order valence-electron chi connectivity index (χ4n) is 2.60.